The predicted octanol–water partition coefficient (Wildman–Crippen LogP) is 7.18. The van der Waals surface area contributed by atoms with E-state index in [2.05, 4.69) is 72.2 Å². The molecular formula is C28H34N2O. The van der Waals surface area contributed by atoms with Crippen LogP contribution in [-0.4, -0.2) is 16.7 Å². The van der Waals surface area contributed by atoms with E-state index >= 15 is 0 Å². The van der Waals surface area contributed by atoms with Gasteiger partial charge in [0.2, 0.25) is 0 Å². The Balaban J connectivity index is 1.48. The number of imidazole rings is 1. The third kappa shape index (κ3) is 5.46. The fourth-order valence-corrected chi connectivity index (χ4v) is 4.71. The molecule has 0 N–H and O–H groups in total. The molecule has 1 fully saturated rings. The quantitative estimate of drug-likeness (QED) is 0.390. The Morgan fingerprint density at radius 1 is 1.10 bits per heavy atom. The predicted molar refractivity (Wildman–Crippen MR) is 129 cm³/mol. The fourth-order valence-electron chi connectivity index (χ4n) is 4.71. The Kier molecular flexibility index (Phi) is 7.24. The lowest BCUT2D eigenvalue weighted by Gasteiger charge is -2.24. The van der Waals surface area contributed by atoms with Crippen molar-refractivity contribution in [2.75, 3.05) is 7.11 Å². The minimum absolute atomic E-state index is 0.768. The number of ether oxygens (including phenoxy) is 1. The lowest BCUT2D eigenvalue weighted by molar-refractivity contribution is 0.394. The van der Waals surface area contributed by atoms with Gasteiger partial charge in [-0.15, -0.1) is 0 Å². The van der Waals surface area contributed by atoms with E-state index in [1.165, 1.54) is 48.9 Å². The summed E-state index contributed by atoms with van der Waals surface area (Å²) in [7, 11) is 1.72. The van der Waals surface area contributed by atoms with Crippen LogP contribution < -0.4 is 4.74 Å². The van der Waals surface area contributed by atoms with E-state index in [0.717, 1.165) is 36.7 Å². The van der Waals surface area contributed by atoms with Gasteiger partial charge in [0.05, 0.1) is 24.8 Å². The zero-order chi connectivity index (χ0) is 21.5. The number of rotatable bonds is 8. The molecule has 1 heterocycles. The van der Waals surface area contributed by atoms with Gasteiger partial charge in [-0.3, -0.25) is 0 Å². The third-order valence-corrected chi connectivity index (χ3v) is 6.39. The van der Waals surface area contributed by atoms with Crippen molar-refractivity contribution in [2.24, 2.45) is 5.92 Å². The zero-order valence-corrected chi connectivity index (χ0v) is 18.9. The van der Waals surface area contributed by atoms with Crippen molar-refractivity contribution in [3.63, 3.8) is 0 Å². The van der Waals surface area contributed by atoms with Crippen LogP contribution in [0.3, 0.4) is 0 Å². The van der Waals surface area contributed by atoms with Gasteiger partial charge in [0.15, 0.2) is 0 Å². The van der Waals surface area contributed by atoms with Gasteiger partial charge >= 0.3 is 0 Å². The van der Waals surface area contributed by atoms with Crippen molar-refractivity contribution in [3.8, 4) is 17.0 Å². The van der Waals surface area contributed by atoms with E-state index in [-0.39, 0.29) is 0 Å². The van der Waals surface area contributed by atoms with Crippen LogP contribution in [0, 0.1) is 5.92 Å². The summed E-state index contributed by atoms with van der Waals surface area (Å²) in [5, 5.41) is 0. The molecule has 1 atom stereocenters. The Hall–Kier alpha value is -2.81. The first-order valence-corrected chi connectivity index (χ1v) is 11.7. The first kappa shape index (κ1) is 21.4. The largest absolute Gasteiger partial charge is 0.497 e. The minimum Gasteiger partial charge on any atom is -0.497 e. The lowest BCUT2D eigenvalue weighted by atomic mass is 9.81. The number of benzene rings is 2. The van der Waals surface area contributed by atoms with Gasteiger partial charge < -0.3 is 9.30 Å². The van der Waals surface area contributed by atoms with Gasteiger partial charge in [-0.05, 0) is 74.6 Å². The Morgan fingerprint density at radius 2 is 1.90 bits per heavy atom. The lowest BCUT2D eigenvalue weighted by Crippen LogP contribution is -2.10. The normalized spacial score (nSPS) is 17.7. The maximum atomic E-state index is 5.28. The molecule has 0 saturated heterocycles. The minimum atomic E-state index is 0.768. The molecule has 0 radical (unpaired) electrons. The van der Waals surface area contributed by atoms with Crippen LogP contribution in [0.25, 0.3) is 17.3 Å². The first-order chi connectivity index (χ1) is 15.3. The highest BCUT2D eigenvalue weighted by molar-refractivity contribution is 5.71. The molecule has 1 saturated carbocycles. The van der Waals surface area contributed by atoms with E-state index in [1.54, 1.807) is 12.7 Å². The van der Waals surface area contributed by atoms with Crippen LogP contribution in [0.2, 0.25) is 0 Å². The smallest absolute Gasteiger partial charge is 0.118 e. The molecular weight excluding hydrogens is 380 g/mol. The summed E-state index contributed by atoms with van der Waals surface area (Å²) in [5.74, 6) is 1.70. The number of hydrogen-bond acceptors (Lipinski definition) is 2. The molecule has 0 amide bonds. The third-order valence-electron chi connectivity index (χ3n) is 6.39. The first-order valence-electron chi connectivity index (χ1n) is 11.7. The average Bonchev–Trinajstić information content (AvgIpc) is 3.21. The molecule has 3 heteroatoms. The Bertz CT molecular complexity index is 986. The van der Waals surface area contributed by atoms with E-state index in [0.29, 0.717) is 0 Å². The highest BCUT2D eigenvalue weighted by atomic mass is 16.5. The van der Waals surface area contributed by atoms with Crippen LogP contribution in [0.4, 0.5) is 0 Å². The van der Waals surface area contributed by atoms with Crippen LogP contribution in [-0.2, 0) is 13.0 Å². The molecule has 2 aromatic carbocycles. The van der Waals surface area contributed by atoms with Crippen molar-refractivity contribution in [2.45, 2.75) is 58.4 Å². The molecule has 1 aromatic heterocycles. The highest BCUT2D eigenvalue weighted by Gasteiger charge is 2.19. The van der Waals surface area contributed by atoms with Gasteiger partial charge in [0, 0.05) is 12.1 Å². The molecule has 0 spiro atoms. The van der Waals surface area contributed by atoms with Crippen molar-refractivity contribution in [1.82, 2.24) is 9.55 Å². The molecule has 4 rings (SSSR count). The molecule has 3 nitrogen and oxygen atoms in total. The summed E-state index contributed by atoms with van der Waals surface area (Å²) in [5.41, 5.74) is 6.59. The second-order valence-corrected chi connectivity index (χ2v) is 8.69. The molecule has 0 unspecified atom stereocenters. The maximum Gasteiger partial charge on any atom is 0.118 e. The van der Waals surface area contributed by atoms with Crippen molar-refractivity contribution in [3.05, 3.63) is 77.8 Å². The number of aryl methyl sites for hydroxylation is 2. The van der Waals surface area contributed by atoms with E-state index in [4.69, 9.17) is 9.72 Å². The number of methoxy groups -OCH3 is 1. The summed E-state index contributed by atoms with van der Waals surface area (Å²) in [6.07, 6.45) is 13.0. The molecule has 0 aliphatic heterocycles. The topological polar surface area (TPSA) is 27.1 Å². The van der Waals surface area contributed by atoms with Crippen LogP contribution in [0.5, 0.6) is 5.75 Å². The summed E-state index contributed by atoms with van der Waals surface area (Å²) in [6, 6.07) is 19.1. The Morgan fingerprint density at radius 3 is 2.65 bits per heavy atom. The van der Waals surface area contributed by atoms with Crippen LogP contribution >= 0.6 is 0 Å². The van der Waals surface area contributed by atoms with Crippen LogP contribution in [0.15, 0.2) is 66.5 Å². The molecule has 31 heavy (non-hydrogen) atoms. The number of aromatic nitrogens is 2. The number of hydrogen-bond donors (Lipinski definition) is 0. The van der Waals surface area contributed by atoms with Gasteiger partial charge in [-0.2, -0.15) is 0 Å². The SMILES string of the molecule is CCCn1cnc(-c2ccccc2)c1/C=C1/CCC[C@H](CCc2ccc(OC)cc2)C1. The molecule has 0 bridgehead atoms. The molecule has 3 aromatic rings. The van der Waals surface area contributed by atoms with Crippen molar-refractivity contribution in [1.29, 1.82) is 0 Å². The number of allylic oxidation sites excluding steroid dienone is 1. The van der Waals surface area contributed by atoms with Crippen molar-refractivity contribution < 1.29 is 4.74 Å². The molecule has 162 valence electrons. The fraction of sp³-hybridized carbons (Fsp3) is 0.393. The average molecular weight is 415 g/mol. The number of nitrogens with zero attached hydrogens (tertiary/aromatic N) is 2. The molecule has 1 aliphatic rings. The van der Waals surface area contributed by atoms with Gasteiger partial charge in [0.1, 0.15) is 5.75 Å². The van der Waals surface area contributed by atoms with Gasteiger partial charge in [-0.25, -0.2) is 4.98 Å². The summed E-state index contributed by atoms with van der Waals surface area (Å²) < 4.78 is 7.61. The summed E-state index contributed by atoms with van der Waals surface area (Å²) in [4.78, 5) is 4.79. The summed E-state index contributed by atoms with van der Waals surface area (Å²) >= 11 is 0. The second-order valence-electron chi connectivity index (χ2n) is 8.69. The van der Waals surface area contributed by atoms with Crippen LogP contribution in [0.1, 0.15) is 56.7 Å². The zero-order valence-electron chi connectivity index (χ0n) is 18.9. The highest BCUT2D eigenvalue weighted by Crippen LogP contribution is 2.34. The van der Waals surface area contributed by atoms with Gasteiger partial charge in [0.25, 0.3) is 0 Å². The monoisotopic (exact) mass is 414 g/mol. The van der Waals surface area contributed by atoms with E-state index in [1.807, 2.05) is 6.33 Å². The Labute approximate surface area is 186 Å². The van der Waals surface area contributed by atoms with E-state index < -0.39 is 0 Å². The van der Waals surface area contributed by atoms with Gasteiger partial charge in [-0.1, -0.05) is 55.0 Å². The molecule has 1 aliphatic carbocycles. The van der Waals surface area contributed by atoms with Crippen molar-refractivity contribution >= 4 is 6.08 Å². The maximum absolute atomic E-state index is 5.28. The standard InChI is InChI=1S/C28H34N2O/c1-3-18-30-21-29-28(25-10-5-4-6-11-25)27(30)20-24-9-7-8-23(19-24)13-12-22-14-16-26(31-2)17-15-22/h4-6,10-11,14-17,20-21,23H,3,7-9,12-13,18-19H2,1-2H3/b24-20-/t23-/m1/s1. The second kappa shape index (κ2) is 10.5. The van der Waals surface area contributed by atoms with E-state index in [9.17, 15) is 0 Å². The summed E-state index contributed by atoms with van der Waals surface area (Å²) in [6.45, 7) is 3.24.